The molecule has 1 amide bonds. The van der Waals surface area contributed by atoms with Gasteiger partial charge in [-0.3, -0.25) is 14.9 Å². The number of likely N-dealkylation sites (tertiary alicyclic amines) is 1. The van der Waals surface area contributed by atoms with Crippen LogP contribution in [-0.2, 0) is 0 Å². The van der Waals surface area contributed by atoms with Crippen molar-refractivity contribution in [2.45, 2.75) is 18.9 Å². The lowest BCUT2D eigenvalue weighted by atomic mass is 10.1. The Balaban J connectivity index is 1.55. The molecule has 1 fully saturated rings. The Labute approximate surface area is 153 Å². The van der Waals surface area contributed by atoms with Gasteiger partial charge in [0, 0.05) is 24.9 Å². The minimum atomic E-state index is -0.445. The predicted octanol–water partition coefficient (Wildman–Crippen LogP) is 3.82. The Bertz CT molecular complexity index is 934. The smallest absolute Gasteiger partial charge is 0.269 e. The number of carbonyl (C=O) groups excluding carboxylic acids is 1. The van der Waals surface area contributed by atoms with Crippen LogP contribution in [0.25, 0.3) is 5.69 Å². The zero-order valence-corrected chi connectivity index (χ0v) is 14.6. The van der Waals surface area contributed by atoms with Gasteiger partial charge in [0.25, 0.3) is 11.6 Å². The second-order valence-corrected chi connectivity index (χ2v) is 6.94. The van der Waals surface area contributed by atoms with E-state index in [9.17, 15) is 14.9 Å². The van der Waals surface area contributed by atoms with Crippen molar-refractivity contribution in [2.24, 2.45) is 0 Å². The highest BCUT2D eigenvalue weighted by Gasteiger charge is 2.31. The lowest BCUT2D eigenvalue weighted by molar-refractivity contribution is -0.384. The maximum atomic E-state index is 12.9. The highest BCUT2D eigenvalue weighted by Crippen LogP contribution is 2.34. The zero-order valence-electron chi connectivity index (χ0n) is 13.8. The Hall–Kier alpha value is -3.00. The third kappa shape index (κ3) is 2.99. The minimum absolute atomic E-state index is 0.0212. The number of aromatic nitrogens is 2. The predicted molar refractivity (Wildman–Crippen MR) is 97.5 cm³/mol. The molecule has 1 saturated heterocycles. The zero-order chi connectivity index (χ0) is 18.1. The van der Waals surface area contributed by atoms with Gasteiger partial charge < -0.3 is 4.90 Å². The first kappa shape index (κ1) is 16.5. The fourth-order valence-electron chi connectivity index (χ4n) is 3.29. The van der Waals surface area contributed by atoms with Crippen LogP contribution in [0.4, 0.5) is 5.69 Å². The Morgan fingerprint density at radius 1 is 1.27 bits per heavy atom. The van der Waals surface area contributed by atoms with Crippen molar-refractivity contribution in [1.82, 2.24) is 14.7 Å². The standard InChI is InChI=1S/C18H16N4O3S/c23-18(20-8-1-2-17(20)13-7-9-26-12-13)14-10-19-21(11-14)15-3-5-16(6-4-15)22(24)25/h3-7,9-12,17H,1-2,8H2. The van der Waals surface area contributed by atoms with Gasteiger partial charge in [0.05, 0.1) is 28.4 Å². The number of carbonyl (C=O) groups is 1. The summed E-state index contributed by atoms with van der Waals surface area (Å²) in [4.78, 5) is 25.1. The topological polar surface area (TPSA) is 81.3 Å². The van der Waals surface area contributed by atoms with Crippen molar-refractivity contribution in [3.8, 4) is 5.69 Å². The van der Waals surface area contributed by atoms with Crippen molar-refractivity contribution in [2.75, 3.05) is 6.54 Å². The van der Waals surface area contributed by atoms with Crippen LogP contribution < -0.4 is 0 Å². The molecule has 8 heteroatoms. The monoisotopic (exact) mass is 368 g/mol. The van der Waals surface area contributed by atoms with Gasteiger partial charge in [-0.05, 0) is 47.4 Å². The van der Waals surface area contributed by atoms with Crippen LogP contribution in [0.1, 0.15) is 34.8 Å². The van der Waals surface area contributed by atoms with Crippen molar-refractivity contribution >= 4 is 22.9 Å². The van der Waals surface area contributed by atoms with Crippen LogP contribution in [0.2, 0.25) is 0 Å². The van der Waals surface area contributed by atoms with E-state index in [4.69, 9.17) is 0 Å². The SMILES string of the molecule is O=C(c1cnn(-c2ccc([N+](=O)[O-])cc2)c1)N1CCCC1c1ccsc1. The molecule has 0 radical (unpaired) electrons. The lowest BCUT2D eigenvalue weighted by Crippen LogP contribution is -2.30. The van der Waals surface area contributed by atoms with Crippen LogP contribution in [0.15, 0.2) is 53.5 Å². The van der Waals surface area contributed by atoms with Crippen molar-refractivity contribution < 1.29 is 9.72 Å². The molecule has 3 aromatic rings. The van der Waals surface area contributed by atoms with Gasteiger partial charge in [-0.25, -0.2) is 4.68 Å². The summed E-state index contributed by atoms with van der Waals surface area (Å²) >= 11 is 1.64. The van der Waals surface area contributed by atoms with E-state index in [0.717, 1.165) is 19.4 Å². The molecular formula is C18H16N4O3S. The molecule has 0 aliphatic carbocycles. The Kier molecular flexibility index (Phi) is 4.26. The number of amides is 1. The van der Waals surface area contributed by atoms with E-state index in [0.29, 0.717) is 11.3 Å². The third-order valence-corrected chi connectivity index (χ3v) is 5.30. The van der Waals surface area contributed by atoms with Crippen molar-refractivity contribution in [3.05, 3.63) is 74.7 Å². The summed E-state index contributed by atoms with van der Waals surface area (Å²) in [5, 5.41) is 19.1. The molecular weight excluding hydrogens is 352 g/mol. The molecule has 1 atom stereocenters. The van der Waals surface area contributed by atoms with Crippen LogP contribution in [0.3, 0.4) is 0 Å². The molecule has 132 valence electrons. The minimum Gasteiger partial charge on any atom is -0.331 e. The molecule has 1 aromatic carbocycles. The Morgan fingerprint density at radius 3 is 2.77 bits per heavy atom. The first-order chi connectivity index (χ1) is 12.6. The van der Waals surface area contributed by atoms with Gasteiger partial charge in [0.15, 0.2) is 0 Å². The van der Waals surface area contributed by atoms with E-state index in [-0.39, 0.29) is 17.6 Å². The normalized spacial score (nSPS) is 16.8. The molecule has 2 aromatic heterocycles. The summed E-state index contributed by atoms with van der Waals surface area (Å²) in [6, 6.07) is 8.27. The second kappa shape index (κ2) is 6.72. The van der Waals surface area contributed by atoms with Crippen LogP contribution >= 0.6 is 11.3 Å². The van der Waals surface area contributed by atoms with E-state index in [2.05, 4.69) is 16.5 Å². The molecule has 1 unspecified atom stereocenters. The summed E-state index contributed by atoms with van der Waals surface area (Å²) in [6.07, 6.45) is 5.18. The first-order valence-corrected chi connectivity index (χ1v) is 9.20. The molecule has 1 aliphatic heterocycles. The molecule has 26 heavy (non-hydrogen) atoms. The largest absolute Gasteiger partial charge is 0.331 e. The number of nitro benzene ring substituents is 1. The van der Waals surface area contributed by atoms with Crippen molar-refractivity contribution in [3.63, 3.8) is 0 Å². The van der Waals surface area contributed by atoms with Gasteiger partial charge in [0.1, 0.15) is 0 Å². The molecule has 3 heterocycles. The first-order valence-electron chi connectivity index (χ1n) is 8.26. The molecule has 7 nitrogen and oxygen atoms in total. The average molecular weight is 368 g/mol. The van der Waals surface area contributed by atoms with Gasteiger partial charge in [0.2, 0.25) is 0 Å². The highest BCUT2D eigenvalue weighted by atomic mass is 32.1. The molecule has 0 bridgehead atoms. The summed E-state index contributed by atoms with van der Waals surface area (Å²) in [6.45, 7) is 0.738. The quantitative estimate of drug-likeness (QED) is 0.518. The fourth-order valence-corrected chi connectivity index (χ4v) is 4.00. The maximum absolute atomic E-state index is 12.9. The van der Waals surface area contributed by atoms with Gasteiger partial charge >= 0.3 is 0 Å². The fraction of sp³-hybridized carbons (Fsp3) is 0.222. The van der Waals surface area contributed by atoms with Crippen LogP contribution in [0, 0.1) is 10.1 Å². The number of hydrogen-bond acceptors (Lipinski definition) is 5. The number of nitro groups is 1. The molecule has 0 N–H and O–H groups in total. The van der Waals surface area contributed by atoms with E-state index in [1.54, 1.807) is 40.5 Å². The summed E-state index contributed by atoms with van der Waals surface area (Å²) in [5.41, 5.74) is 2.40. The highest BCUT2D eigenvalue weighted by molar-refractivity contribution is 7.08. The van der Waals surface area contributed by atoms with Crippen LogP contribution in [-0.4, -0.2) is 32.1 Å². The maximum Gasteiger partial charge on any atom is 0.269 e. The van der Waals surface area contributed by atoms with E-state index < -0.39 is 4.92 Å². The number of benzene rings is 1. The summed E-state index contributed by atoms with van der Waals surface area (Å²) in [7, 11) is 0. The summed E-state index contributed by atoms with van der Waals surface area (Å²) < 4.78 is 1.56. The number of nitrogens with zero attached hydrogens (tertiary/aromatic N) is 4. The lowest BCUT2D eigenvalue weighted by Gasteiger charge is -2.23. The number of hydrogen-bond donors (Lipinski definition) is 0. The number of non-ortho nitro benzene ring substituents is 1. The average Bonchev–Trinajstić information content (AvgIpc) is 3.41. The van der Waals surface area contributed by atoms with E-state index >= 15 is 0 Å². The van der Waals surface area contributed by atoms with E-state index in [1.165, 1.54) is 17.7 Å². The van der Waals surface area contributed by atoms with Crippen molar-refractivity contribution in [1.29, 1.82) is 0 Å². The molecule has 4 rings (SSSR count). The third-order valence-electron chi connectivity index (χ3n) is 4.60. The Morgan fingerprint density at radius 2 is 2.08 bits per heavy atom. The van der Waals surface area contributed by atoms with Gasteiger partial charge in [-0.15, -0.1) is 0 Å². The van der Waals surface area contributed by atoms with E-state index in [1.807, 2.05) is 10.3 Å². The van der Waals surface area contributed by atoms with Crippen LogP contribution in [0.5, 0.6) is 0 Å². The summed E-state index contributed by atoms with van der Waals surface area (Å²) in [5.74, 6) is -0.0353. The number of rotatable bonds is 4. The molecule has 1 aliphatic rings. The van der Waals surface area contributed by atoms with Gasteiger partial charge in [-0.1, -0.05) is 0 Å². The molecule has 0 saturated carbocycles. The molecule has 0 spiro atoms. The number of thiophene rings is 1. The van der Waals surface area contributed by atoms with Gasteiger partial charge in [-0.2, -0.15) is 16.4 Å². The second-order valence-electron chi connectivity index (χ2n) is 6.16.